The summed E-state index contributed by atoms with van der Waals surface area (Å²) in [4.78, 5) is 23.0. The van der Waals surface area contributed by atoms with Crippen LogP contribution in [0.3, 0.4) is 0 Å². The first kappa shape index (κ1) is 14.2. The molecule has 20 heavy (non-hydrogen) atoms. The summed E-state index contributed by atoms with van der Waals surface area (Å²) in [6.07, 6.45) is -0.600. The average molecular weight is 279 g/mol. The fourth-order valence-electron chi connectivity index (χ4n) is 1.70. The molecular formula is C14H17NO5. The Bertz CT molecular complexity index is 514. The number of rotatable bonds is 4. The summed E-state index contributed by atoms with van der Waals surface area (Å²) in [6.45, 7) is 4.20. The highest BCUT2D eigenvalue weighted by molar-refractivity contribution is 5.95. The Morgan fingerprint density at radius 3 is 2.70 bits per heavy atom. The fraction of sp³-hybridized carbons (Fsp3) is 0.429. The SMILES string of the molecule is CCC(=O)O[C@@H](C)C(=O)Nc1ccc2c(c1)OCCO2. The lowest BCUT2D eigenvalue weighted by Gasteiger charge is -2.19. The monoisotopic (exact) mass is 279 g/mol. The van der Waals surface area contributed by atoms with Gasteiger partial charge < -0.3 is 19.5 Å². The highest BCUT2D eigenvalue weighted by atomic mass is 16.6. The molecule has 1 aliphatic rings. The molecule has 108 valence electrons. The van der Waals surface area contributed by atoms with Crippen molar-refractivity contribution in [3.63, 3.8) is 0 Å². The predicted molar refractivity (Wildman–Crippen MR) is 71.9 cm³/mol. The lowest BCUT2D eigenvalue weighted by Crippen LogP contribution is -2.29. The van der Waals surface area contributed by atoms with E-state index in [4.69, 9.17) is 14.2 Å². The topological polar surface area (TPSA) is 73.9 Å². The molecule has 2 rings (SSSR count). The summed E-state index contributed by atoms with van der Waals surface area (Å²) in [5, 5.41) is 2.67. The Kier molecular flexibility index (Phi) is 4.45. The lowest BCUT2D eigenvalue weighted by molar-refractivity contribution is -0.152. The van der Waals surface area contributed by atoms with Gasteiger partial charge in [0.05, 0.1) is 0 Å². The number of carbonyl (C=O) groups is 2. The molecule has 0 fully saturated rings. The maximum atomic E-state index is 11.9. The van der Waals surface area contributed by atoms with E-state index in [9.17, 15) is 9.59 Å². The van der Waals surface area contributed by atoms with Gasteiger partial charge in [-0.25, -0.2) is 0 Å². The van der Waals surface area contributed by atoms with Gasteiger partial charge in [-0.3, -0.25) is 9.59 Å². The standard InChI is InChI=1S/C14H17NO5/c1-3-13(16)20-9(2)14(17)15-10-4-5-11-12(8-10)19-7-6-18-11/h4-5,8-9H,3,6-7H2,1-2H3,(H,15,17)/t9-/m0/s1. The van der Waals surface area contributed by atoms with Crippen LogP contribution in [-0.4, -0.2) is 31.2 Å². The van der Waals surface area contributed by atoms with E-state index in [-0.39, 0.29) is 12.3 Å². The maximum absolute atomic E-state index is 11.9. The third kappa shape index (κ3) is 3.40. The molecule has 1 atom stereocenters. The van der Waals surface area contributed by atoms with E-state index < -0.39 is 12.1 Å². The van der Waals surface area contributed by atoms with Crippen molar-refractivity contribution in [1.29, 1.82) is 0 Å². The summed E-state index contributed by atoms with van der Waals surface area (Å²) < 4.78 is 15.8. The number of ether oxygens (including phenoxy) is 3. The zero-order valence-corrected chi connectivity index (χ0v) is 11.5. The number of hydrogen-bond acceptors (Lipinski definition) is 5. The third-order valence-corrected chi connectivity index (χ3v) is 2.78. The van der Waals surface area contributed by atoms with E-state index in [1.54, 1.807) is 25.1 Å². The number of anilines is 1. The van der Waals surface area contributed by atoms with Gasteiger partial charge in [0.15, 0.2) is 17.6 Å². The Balaban J connectivity index is 1.99. The molecule has 1 amide bonds. The van der Waals surface area contributed by atoms with Gasteiger partial charge in [0.25, 0.3) is 5.91 Å². The van der Waals surface area contributed by atoms with Crippen LogP contribution in [0.2, 0.25) is 0 Å². The number of fused-ring (bicyclic) bond motifs is 1. The molecule has 1 heterocycles. The number of benzene rings is 1. The number of nitrogens with one attached hydrogen (secondary N) is 1. The Morgan fingerprint density at radius 1 is 1.30 bits per heavy atom. The summed E-state index contributed by atoms with van der Waals surface area (Å²) in [7, 11) is 0. The minimum absolute atomic E-state index is 0.238. The minimum Gasteiger partial charge on any atom is -0.486 e. The highest BCUT2D eigenvalue weighted by Crippen LogP contribution is 2.32. The van der Waals surface area contributed by atoms with Crippen molar-refractivity contribution >= 4 is 17.6 Å². The molecule has 0 aromatic heterocycles. The molecule has 0 aliphatic carbocycles. The summed E-state index contributed by atoms with van der Waals surface area (Å²) in [5.74, 6) is 0.449. The van der Waals surface area contributed by atoms with E-state index in [0.717, 1.165) is 0 Å². The average Bonchev–Trinajstić information content (AvgIpc) is 2.46. The van der Waals surface area contributed by atoms with Gasteiger partial charge in [0.2, 0.25) is 0 Å². The van der Waals surface area contributed by atoms with Crippen molar-refractivity contribution < 1.29 is 23.8 Å². The molecule has 1 aromatic carbocycles. The fourth-order valence-corrected chi connectivity index (χ4v) is 1.70. The molecule has 1 aromatic rings. The van der Waals surface area contributed by atoms with E-state index >= 15 is 0 Å². The van der Waals surface area contributed by atoms with E-state index in [1.807, 2.05) is 0 Å². The first-order chi connectivity index (χ1) is 9.60. The Labute approximate surface area is 117 Å². The van der Waals surface area contributed by atoms with Gasteiger partial charge >= 0.3 is 5.97 Å². The van der Waals surface area contributed by atoms with Crippen molar-refractivity contribution in [3.8, 4) is 11.5 Å². The van der Waals surface area contributed by atoms with Gasteiger partial charge in [0, 0.05) is 18.2 Å². The van der Waals surface area contributed by atoms with Crippen LogP contribution in [0.4, 0.5) is 5.69 Å². The molecule has 1 N–H and O–H groups in total. The largest absolute Gasteiger partial charge is 0.486 e. The first-order valence-corrected chi connectivity index (χ1v) is 6.50. The van der Waals surface area contributed by atoms with Gasteiger partial charge in [0.1, 0.15) is 13.2 Å². The van der Waals surface area contributed by atoms with Crippen molar-refractivity contribution in [2.45, 2.75) is 26.4 Å². The third-order valence-electron chi connectivity index (χ3n) is 2.78. The Hall–Kier alpha value is -2.24. The molecule has 0 saturated carbocycles. The molecule has 1 aliphatic heterocycles. The predicted octanol–water partition coefficient (Wildman–Crippen LogP) is 1.74. The van der Waals surface area contributed by atoms with Gasteiger partial charge in [-0.15, -0.1) is 0 Å². The van der Waals surface area contributed by atoms with Crippen LogP contribution in [0.15, 0.2) is 18.2 Å². The second kappa shape index (κ2) is 6.27. The zero-order valence-electron chi connectivity index (χ0n) is 11.5. The van der Waals surface area contributed by atoms with E-state index in [1.165, 1.54) is 6.92 Å². The molecular weight excluding hydrogens is 262 g/mol. The van der Waals surface area contributed by atoms with Crippen LogP contribution in [0, 0.1) is 0 Å². The summed E-state index contributed by atoms with van der Waals surface area (Å²) >= 11 is 0. The van der Waals surface area contributed by atoms with Gasteiger partial charge in [-0.05, 0) is 19.1 Å². The van der Waals surface area contributed by atoms with Crippen LogP contribution < -0.4 is 14.8 Å². The normalized spacial score (nSPS) is 14.3. The number of carbonyl (C=O) groups excluding carboxylic acids is 2. The number of amides is 1. The number of hydrogen-bond donors (Lipinski definition) is 1. The summed E-state index contributed by atoms with van der Waals surface area (Å²) in [6, 6.07) is 5.12. The molecule has 6 heteroatoms. The van der Waals surface area contributed by atoms with E-state index in [0.29, 0.717) is 30.4 Å². The smallest absolute Gasteiger partial charge is 0.306 e. The minimum atomic E-state index is -0.837. The van der Waals surface area contributed by atoms with Crippen molar-refractivity contribution in [3.05, 3.63) is 18.2 Å². The second-order valence-corrected chi connectivity index (χ2v) is 4.33. The van der Waals surface area contributed by atoms with Crippen LogP contribution in [0.25, 0.3) is 0 Å². The van der Waals surface area contributed by atoms with Gasteiger partial charge in [-0.2, -0.15) is 0 Å². The first-order valence-electron chi connectivity index (χ1n) is 6.50. The molecule has 0 radical (unpaired) electrons. The van der Waals surface area contributed by atoms with Crippen LogP contribution >= 0.6 is 0 Å². The molecule has 0 spiro atoms. The second-order valence-electron chi connectivity index (χ2n) is 4.33. The van der Waals surface area contributed by atoms with Crippen molar-refractivity contribution in [1.82, 2.24) is 0 Å². The lowest BCUT2D eigenvalue weighted by atomic mass is 10.2. The highest BCUT2D eigenvalue weighted by Gasteiger charge is 2.18. The molecule has 0 bridgehead atoms. The van der Waals surface area contributed by atoms with Crippen LogP contribution in [0.5, 0.6) is 11.5 Å². The van der Waals surface area contributed by atoms with Gasteiger partial charge in [-0.1, -0.05) is 6.92 Å². The molecule has 0 unspecified atom stereocenters. The number of esters is 1. The van der Waals surface area contributed by atoms with Crippen molar-refractivity contribution in [2.24, 2.45) is 0 Å². The van der Waals surface area contributed by atoms with Crippen LogP contribution in [-0.2, 0) is 14.3 Å². The Morgan fingerprint density at radius 2 is 2.00 bits per heavy atom. The van der Waals surface area contributed by atoms with Crippen LogP contribution in [0.1, 0.15) is 20.3 Å². The van der Waals surface area contributed by atoms with E-state index in [2.05, 4.69) is 5.32 Å². The molecule has 6 nitrogen and oxygen atoms in total. The quantitative estimate of drug-likeness (QED) is 0.850. The zero-order chi connectivity index (χ0) is 14.5. The maximum Gasteiger partial charge on any atom is 0.306 e. The molecule has 0 saturated heterocycles. The summed E-state index contributed by atoms with van der Waals surface area (Å²) in [5.41, 5.74) is 0.568. The van der Waals surface area contributed by atoms with Crippen molar-refractivity contribution in [2.75, 3.05) is 18.5 Å².